The smallest absolute Gasteiger partial charge is 0.0927 e. The molecule has 1 saturated carbocycles. The van der Waals surface area contributed by atoms with E-state index in [9.17, 15) is 0 Å². The Morgan fingerprint density at radius 3 is 1.93 bits per heavy atom. The van der Waals surface area contributed by atoms with Crippen molar-refractivity contribution in [2.45, 2.75) is 46.1 Å². The van der Waals surface area contributed by atoms with Crippen LogP contribution in [0.2, 0.25) is 0 Å². The predicted octanol–water partition coefficient (Wildman–Crippen LogP) is 2.86. The Bertz CT molecular complexity index is 209. The minimum absolute atomic E-state index is 0.0762. The van der Waals surface area contributed by atoms with Crippen LogP contribution in [0.15, 0.2) is 0 Å². The van der Waals surface area contributed by atoms with Gasteiger partial charge in [-0.2, -0.15) is 0 Å². The van der Waals surface area contributed by atoms with Crippen molar-refractivity contribution in [3.63, 3.8) is 0 Å². The molecular formula is C13H24O2. The monoisotopic (exact) mass is 212 g/mol. The third-order valence-corrected chi connectivity index (χ3v) is 4.60. The third kappa shape index (κ3) is 1.72. The molecule has 88 valence electrons. The normalized spacial score (nSPS) is 28.4. The van der Waals surface area contributed by atoms with Crippen molar-refractivity contribution < 1.29 is 9.47 Å². The van der Waals surface area contributed by atoms with Crippen molar-refractivity contribution >= 4 is 0 Å². The van der Waals surface area contributed by atoms with Gasteiger partial charge in [0.25, 0.3) is 0 Å². The molecule has 2 aliphatic rings. The van der Waals surface area contributed by atoms with E-state index < -0.39 is 0 Å². The van der Waals surface area contributed by atoms with E-state index in [1.165, 1.54) is 12.8 Å². The predicted molar refractivity (Wildman–Crippen MR) is 60.8 cm³/mol. The van der Waals surface area contributed by atoms with E-state index in [0.717, 1.165) is 31.7 Å². The highest BCUT2D eigenvalue weighted by Gasteiger charge is 2.58. The highest BCUT2D eigenvalue weighted by molar-refractivity contribution is 5.08. The van der Waals surface area contributed by atoms with Crippen molar-refractivity contribution in [3.8, 4) is 0 Å². The molecule has 1 heterocycles. The maximum Gasteiger partial charge on any atom is 0.0927 e. The van der Waals surface area contributed by atoms with E-state index in [-0.39, 0.29) is 5.60 Å². The van der Waals surface area contributed by atoms with Gasteiger partial charge in [-0.1, -0.05) is 27.7 Å². The molecule has 0 aromatic rings. The zero-order valence-corrected chi connectivity index (χ0v) is 10.5. The van der Waals surface area contributed by atoms with Crippen molar-refractivity contribution in [1.29, 1.82) is 0 Å². The van der Waals surface area contributed by atoms with Gasteiger partial charge in [0, 0.05) is 0 Å². The molecule has 0 N–H and O–H groups in total. The first kappa shape index (κ1) is 11.4. The van der Waals surface area contributed by atoms with Crippen LogP contribution in [0.4, 0.5) is 0 Å². The molecule has 0 unspecified atom stereocenters. The second-order valence-corrected chi connectivity index (χ2v) is 5.98. The van der Waals surface area contributed by atoms with Gasteiger partial charge in [0.15, 0.2) is 0 Å². The van der Waals surface area contributed by atoms with Crippen molar-refractivity contribution in [2.24, 2.45) is 17.3 Å². The van der Waals surface area contributed by atoms with Crippen LogP contribution in [0, 0.1) is 17.3 Å². The standard InChI is InChI=1S/C13H24O2/c1-10(2)13(11(3)4)7-12(8-13)9-14-5-6-15-12/h10-11H,5-9H2,1-4H3. The van der Waals surface area contributed by atoms with Gasteiger partial charge < -0.3 is 9.47 Å². The van der Waals surface area contributed by atoms with E-state index in [0.29, 0.717) is 5.41 Å². The summed E-state index contributed by atoms with van der Waals surface area (Å²) >= 11 is 0. The second kappa shape index (κ2) is 3.74. The fraction of sp³-hybridized carbons (Fsp3) is 1.00. The molecule has 15 heavy (non-hydrogen) atoms. The van der Waals surface area contributed by atoms with Gasteiger partial charge in [-0.25, -0.2) is 0 Å². The van der Waals surface area contributed by atoms with Crippen molar-refractivity contribution in [3.05, 3.63) is 0 Å². The highest BCUT2D eigenvalue weighted by atomic mass is 16.6. The first-order valence-corrected chi connectivity index (χ1v) is 6.22. The van der Waals surface area contributed by atoms with Crippen LogP contribution in [0.5, 0.6) is 0 Å². The van der Waals surface area contributed by atoms with Gasteiger partial charge in [0.05, 0.1) is 25.4 Å². The Morgan fingerprint density at radius 1 is 0.933 bits per heavy atom. The molecule has 1 aliphatic carbocycles. The van der Waals surface area contributed by atoms with Crippen LogP contribution in [0.1, 0.15) is 40.5 Å². The molecule has 1 aliphatic heterocycles. The molecule has 0 bridgehead atoms. The minimum atomic E-state index is 0.0762. The number of rotatable bonds is 2. The lowest BCUT2D eigenvalue weighted by atomic mass is 9.50. The second-order valence-electron chi connectivity index (χ2n) is 5.98. The fourth-order valence-electron chi connectivity index (χ4n) is 3.45. The lowest BCUT2D eigenvalue weighted by Crippen LogP contribution is -2.62. The van der Waals surface area contributed by atoms with Gasteiger partial charge in [0.1, 0.15) is 0 Å². The van der Waals surface area contributed by atoms with Crippen LogP contribution >= 0.6 is 0 Å². The Balaban J connectivity index is 2.04. The summed E-state index contributed by atoms with van der Waals surface area (Å²) in [6, 6.07) is 0. The van der Waals surface area contributed by atoms with E-state index in [2.05, 4.69) is 27.7 Å². The molecule has 0 amide bonds. The molecule has 0 aromatic heterocycles. The molecule has 0 radical (unpaired) electrons. The van der Waals surface area contributed by atoms with Crippen molar-refractivity contribution in [1.82, 2.24) is 0 Å². The Morgan fingerprint density at radius 2 is 1.53 bits per heavy atom. The van der Waals surface area contributed by atoms with Crippen LogP contribution < -0.4 is 0 Å². The molecule has 2 fully saturated rings. The first-order chi connectivity index (χ1) is 7.01. The average molecular weight is 212 g/mol. The van der Waals surface area contributed by atoms with E-state index >= 15 is 0 Å². The molecule has 2 heteroatoms. The zero-order valence-electron chi connectivity index (χ0n) is 10.5. The molecule has 2 rings (SSSR count). The number of hydrogen-bond acceptors (Lipinski definition) is 2. The summed E-state index contributed by atoms with van der Waals surface area (Å²) in [5.41, 5.74) is 0.563. The summed E-state index contributed by atoms with van der Waals surface area (Å²) < 4.78 is 11.5. The topological polar surface area (TPSA) is 18.5 Å². The first-order valence-electron chi connectivity index (χ1n) is 6.22. The Labute approximate surface area is 93.3 Å². The van der Waals surface area contributed by atoms with Crippen LogP contribution in [0.3, 0.4) is 0 Å². The number of ether oxygens (including phenoxy) is 2. The van der Waals surface area contributed by atoms with Crippen LogP contribution in [-0.4, -0.2) is 25.4 Å². The van der Waals surface area contributed by atoms with Crippen molar-refractivity contribution in [2.75, 3.05) is 19.8 Å². The lowest BCUT2D eigenvalue weighted by molar-refractivity contribution is -0.255. The van der Waals surface area contributed by atoms with Crippen LogP contribution in [-0.2, 0) is 9.47 Å². The van der Waals surface area contributed by atoms with Gasteiger partial charge >= 0.3 is 0 Å². The molecule has 1 saturated heterocycles. The molecule has 0 aromatic carbocycles. The van der Waals surface area contributed by atoms with Gasteiger partial charge in [-0.15, -0.1) is 0 Å². The zero-order chi connectivity index (χ0) is 11.1. The molecule has 2 nitrogen and oxygen atoms in total. The molecular weight excluding hydrogens is 188 g/mol. The molecule has 0 atom stereocenters. The van der Waals surface area contributed by atoms with E-state index in [1.54, 1.807) is 0 Å². The van der Waals surface area contributed by atoms with Crippen LogP contribution in [0.25, 0.3) is 0 Å². The van der Waals surface area contributed by atoms with E-state index in [1.807, 2.05) is 0 Å². The van der Waals surface area contributed by atoms with E-state index in [4.69, 9.17) is 9.47 Å². The largest absolute Gasteiger partial charge is 0.376 e. The SMILES string of the molecule is CC(C)C1(C(C)C)CC2(COCCO2)C1. The minimum Gasteiger partial charge on any atom is -0.376 e. The molecule has 1 spiro atoms. The summed E-state index contributed by atoms with van der Waals surface area (Å²) in [5.74, 6) is 1.49. The summed E-state index contributed by atoms with van der Waals surface area (Å²) in [4.78, 5) is 0. The lowest BCUT2D eigenvalue weighted by Gasteiger charge is -2.61. The Kier molecular flexibility index (Phi) is 2.85. The number of hydrogen-bond donors (Lipinski definition) is 0. The van der Waals surface area contributed by atoms with Gasteiger partial charge in [-0.05, 0) is 30.1 Å². The maximum atomic E-state index is 5.93. The fourth-order valence-corrected chi connectivity index (χ4v) is 3.45. The highest BCUT2D eigenvalue weighted by Crippen LogP contribution is 2.59. The van der Waals surface area contributed by atoms with Gasteiger partial charge in [0.2, 0.25) is 0 Å². The Hall–Kier alpha value is -0.0800. The summed E-state index contributed by atoms with van der Waals surface area (Å²) in [5, 5.41) is 0. The summed E-state index contributed by atoms with van der Waals surface area (Å²) in [7, 11) is 0. The third-order valence-electron chi connectivity index (χ3n) is 4.60. The maximum absolute atomic E-state index is 5.93. The quantitative estimate of drug-likeness (QED) is 0.700. The average Bonchev–Trinajstić information content (AvgIpc) is 2.14. The summed E-state index contributed by atoms with van der Waals surface area (Å²) in [6.07, 6.45) is 2.38. The van der Waals surface area contributed by atoms with Gasteiger partial charge in [-0.3, -0.25) is 0 Å². The summed E-state index contributed by atoms with van der Waals surface area (Å²) in [6.45, 7) is 11.7.